The number of halogens is 2. The maximum absolute atomic E-state index is 5.91. The van der Waals surface area contributed by atoms with Gasteiger partial charge in [-0.1, -0.05) is 38.1 Å². The summed E-state index contributed by atoms with van der Waals surface area (Å²) in [5, 5.41) is 3.96. The molecule has 0 bridgehead atoms. The third-order valence-corrected chi connectivity index (χ3v) is 4.16. The van der Waals surface area contributed by atoms with Crippen LogP contribution in [0, 0.1) is 0 Å². The highest BCUT2D eigenvalue weighted by molar-refractivity contribution is 9.10. The van der Waals surface area contributed by atoms with Crippen molar-refractivity contribution in [2.24, 2.45) is 0 Å². The Bertz CT molecular complexity index is 461. The molecule has 2 rings (SSSR count). The molecule has 1 heterocycles. The minimum atomic E-state index is 0.678. The van der Waals surface area contributed by atoms with Crippen molar-refractivity contribution in [3.8, 4) is 0 Å². The third-order valence-electron chi connectivity index (χ3n) is 1.68. The van der Waals surface area contributed by atoms with Crippen molar-refractivity contribution in [1.82, 2.24) is 9.59 Å². The number of hydrogen-bond donors (Lipinski definition) is 0. The maximum Gasteiger partial charge on any atom is 0.138 e. The van der Waals surface area contributed by atoms with E-state index >= 15 is 0 Å². The maximum atomic E-state index is 5.91. The molecular weight excluding hydrogens is 316 g/mol. The van der Waals surface area contributed by atoms with Gasteiger partial charge >= 0.3 is 0 Å². The van der Waals surface area contributed by atoms with Crippen molar-refractivity contribution >= 4 is 50.8 Å². The topological polar surface area (TPSA) is 25.8 Å². The Labute approximate surface area is 109 Å². The van der Waals surface area contributed by atoms with Gasteiger partial charge < -0.3 is 0 Å². The Morgan fingerprint density at radius 1 is 1.47 bits per heavy atom. The second kappa shape index (κ2) is 5.30. The van der Waals surface area contributed by atoms with Gasteiger partial charge in [0.05, 0.1) is 0 Å². The summed E-state index contributed by atoms with van der Waals surface area (Å²) in [5.74, 6) is 0.756. The van der Waals surface area contributed by atoms with E-state index in [1.165, 1.54) is 16.4 Å². The van der Waals surface area contributed by atoms with Gasteiger partial charge in [0.15, 0.2) is 0 Å². The van der Waals surface area contributed by atoms with Crippen molar-refractivity contribution < 1.29 is 0 Å². The van der Waals surface area contributed by atoms with Gasteiger partial charge in [-0.2, -0.15) is 0 Å². The molecule has 2 nitrogen and oxygen atoms in total. The molecule has 1 aromatic carbocycles. The van der Waals surface area contributed by atoms with Gasteiger partial charge in [0.1, 0.15) is 10.0 Å². The van der Waals surface area contributed by atoms with E-state index in [-0.39, 0.29) is 0 Å². The van der Waals surface area contributed by atoms with E-state index in [0.29, 0.717) is 4.34 Å². The summed E-state index contributed by atoms with van der Waals surface area (Å²) < 4.78 is 5.55. The predicted octanol–water partition coefficient (Wildman–Crippen LogP) is 4.25. The van der Waals surface area contributed by atoms with Crippen LogP contribution >= 0.6 is 50.8 Å². The standard InChI is InChI=1S/C9H6BrClN2S2/c10-6-2-1-3-7(4-6)14-5-8-9(11)15-13-12-8/h1-4H,5H2. The molecule has 2 aromatic rings. The van der Waals surface area contributed by atoms with Crippen LogP contribution in [0.15, 0.2) is 33.6 Å². The number of rotatable bonds is 3. The van der Waals surface area contributed by atoms with E-state index in [4.69, 9.17) is 11.6 Å². The minimum absolute atomic E-state index is 0.678. The summed E-state index contributed by atoms with van der Waals surface area (Å²) in [5.41, 5.74) is 0.853. The van der Waals surface area contributed by atoms with Gasteiger partial charge in [-0.15, -0.1) is 16.9 Å². The van der Waals surface area contributed by atoms with Gasteiger partial charge in [0, 0.05) is 26.7 Å². The van der Waals surface area contributed by atoms with Crippen molar-refractivity contribution in [3.63, 3.8) is 0 Å². The monoisotopic (exact) mass is 320 g/mol. The normalized spacial score (nSPS) is 10.5. The Hall–Kier alpha value is -0.100. The third kappa shape index (κ3) is 3.17. The molecule has 15 heavy (non-hydrogen) atoms. The molecule has 0 N–H and O–H groups in total. The van der Waals surface area contributed by atoms with Crippen molar-refractivity contribution in [2.75, 3.05) is 0 Å². The summed E-state index contributed by atoms with van der Waals surface area (Å²) in [7, 11) is 0. The van der Waals surface area contributed by atoms with Crippen LogP contribution in [0.4, 0.5) is 0 Å². The van der Waals surface area contributed by atoms with Gasteiger partial charge in [-0.05, 0) is 18.2 Å². The van der Waals surface area contributed by atoms with Crippen molar-refractivity contribution in [3.05, 3.63) is 38.8 Å². The summed E-state index contributed by atoms with van der Waals surface area (Å²) in [6, 6.07) is 8.14. The first-order valence-corrected chi connectivity index (χ1v) is 7.04. The summed E-state index contributed by atoms with van der Waals surface area (Å²) in [6.07, 6.45) is 0. The lowest BCUT2D eigenvalue weighted by Crippen LogP contribution is -1.82. The highest BCUT2D eigenvalue weighted by atomic mass is 79.9. The smallest absolute Gasteiger partial charge is 0.138 e. The lowest BCUT2D eigenvalue weighted by Gasteiger charge is -1.99. The average molecular weight is 322 g/mol. The minimum Gasteiger partial charge on any atom is -0.141 e. The molecule has 0 atom stereocenters. The predicted molar refractivity (Wildman–Crippen MR) is 68.6 cm³/mol. The summed E-state index contributed by atoms with van der Waals surface area (Å²) in [6.45, 7) is 0. The van der Waals surface area contributed by atoms with E-state index in [0.717, 1.165) is 15.9 Å². The highest BCUT2D eigenvalue weighted by Gasteiger charge is 2.05. The molecule has 6 heteroatoms. The van der Waals surface area contributed by atoms with E-state index in [1.807, 2.05) is 12.1 Å². The van der Waals surface area contributed by atoms with Gasteiger partial charge in [-0.25, -0.2) is 0 Å². The van der Waals surface area contributed by atoms with Crippen LogP contribution in [0.3, 0.4) is 0 Å². The Morgan fingerprint density at radius 3 is 3.00 bits per heavy atom. The zero-order chi connectivity index (χ0) is 10.7. The first kappa shape index (κ1) is 11.4. The molecule has 0 radical (unpaired) electrons. The molecule has 0 aliphatic rings. The zero-order valence-corrected chi connectivity index (χ0v) is 11.5. The second-order valence-electron chi connectivity index (χ2n) is 2.74. The fraction of sp³-hybridized carbons (Fsp3) is 0.111. The molecule has 0 saturated heterocycles. The van der Waals surface area contributed by atoms with Crippen LogP contribution in [-0.2, 0) is 5.75 Å². The van der Waals surface area contributed by atoms with Gasteiger partial charge in [-0.3, -0.25) is 0 Å². The number of hydrogen-bond acceptors (Lipinski definition) is 4. The fourth-order valence-electron chi connectivity index (χ4n) is 0.992. The largest absolute Gasteiger partial charge is 0.141 e. The number of thioether (sulfide) groups is 1. The molecule has 78 valence electrons. The van der Waals surface area contributed by atoms with Gasteiger partial charge in [0.2, 0.25) is 0 Å². The van der Waals surface area contributed by atoms with Crippen LogP contribution in [0.2, 0.25) is 4.34 Å². The molecule has 0 saturated carbocycles. The van der Waals surface area contributed by atoms with Crippen LogP contribution in [-0.4, -0.2) is 9.59 Å². The molecule has 0 unspecified atom stereocenters. The van der Waals surface area contributed by atoms with Crippen LogP contribution < -0.4 is 0 Å². The number of nitrogens with zero attached hydrogens (tertiary/aromatic N) is 2. The average Bonchev–Trinajstić information content (AvgIpc) is 2.61. The summed E-state index contributed by atoms with van der Waals surface area (Å²) in [4.78, 5) is 1.19. The second-order valence-corrected chi connectivity index (χ2v) is 6.06. The number of benzene rings is 1. The van der Waals surface area contributed by atoms with Crippen molar-refractivity contribution in [1.29, 1.82) is 0 Å². The van der Waals surface area contributed by atoms with Gasteiger partial charge in [0.25, 0.3) is 0 Å². The van der Waals surface area contributed by atoms with E-state index in [2.05, 4.69) is 37.6 Å². The molecule has 0 aliphatic heterocycles. The Balaban J connectivity index is 2.02. The first-order chi connectivity index (χ1) is 7.25. The molecular formula is C9H6BrClN2S2. The Kier molecular flexibility index (Phi) is 4.02. The fourth-order valence-corrected chi connectivity index (χ4v) is 3.23. The van der Waals surface area contributed by atoms with E-state index < -0.39 is 0 Å². The van der Waals surface area contributed by atoms with Crippen molar-refractivity contribution in [2.45, 2.75) is 10.6 Å². The van der Waals surface area contributed by atoms with Crippen LogP contribution in [0.5, 0.6) is 0 Å². The molecule has 1 aromatic heterocycles. The Morgan fingerprint density at radius 2 is 2.33 bits per heavy atom. The SMILES string of the molecule is Clc1snnc1CSc1cccc(Br)c1. The van der Waals surface area contributed by atoms with E-state index in [9.17, 15) is 0 Å². The molecule has 0 amide bonds. The lowest BCUT2D eigenvalue weighted by atomic mass is 10.4. The first-order valence-electron chi connectivity index (χ1n) is 4.11. The van der Waals surface area contributed by atoms with Crippen LogP contribution in [0.1, 0.15) is 5.69 Å². The highest BCUT2D eigenvalue weighted by Crippen LogP contribution is 2.28. The molecule has 0 fully saturated rings. The molecule has 0 aliphatic carbocycles. The van der Waals surface area contributed by atoms with E-state index in [1.54, 1.807) is 11.8 Å². The van der Waals surface area contributed by atoms with Crippen LogP contribution in [0.25, 0.3) is 0 Å². The lowest BCUT2D eigenvalue weighted by molar-refractivity contribution is 1.07. The number of aromatic nitrogens is 2. The summed E-state index contributed by atoms with van der Waals surface area (Å²) >= 11 is 12.3. The quantitative estimate of drug-likeness (QED) is 0.791. The zero-order valence-electron chi connectivity index (χ0n) is 7.48. The molecule has 0 spiro atoms.